The van der Waals surface area contributed by atoms with Gasteiger partial charge in [-0.3, -0.25) is 4.68 Å². The molecule has 1 heterocycles. The van der Waals surface area contributed by atoms with Crippen LogP contribution in [0.3, 0.4) is 0 Å². The van der Waals surface area contributed by atoms with E-state index in [1.807, 2.05) is 20.9 Å². The molecule has 0 saturated heterocycles. The summed E-state index contributed by atoms with van der Waals surface area (Å²) in [6.45, 7) is 4.47. The maximum absolute atomic E-state index is 13.2. The van der Waals surface area contributed by atoms with Crippen LogP contribution in [0.1, 0.15) is 23.9 Å². The molecule has 0 aliphatic carbocycles. The molecule has 0 amide bonds. The van der Waals surface area contributed by atoms with E-state index in [-0.39, 0.29) is 5.82 Å². The van der Waals surface area contributed by atoms with Crippen molar-refractivity contribution in [2.24, 2.45) is 7.05 Å². The number of hydrogen-bond donors (Lipinski definition) is 1. The first-order valence-electron chi connectivity index (χ1n) is 6.23. The normalized spacial score (nSPS) is 10.8. The third-order valence-electron chi connectivity index (χ3n) is 3.15. The van der Waals surface area contributed by atoms with Gasteiger partial charge < -0.3 is 5.32 Å². The second-order valence-electron chi connectivity index (χ2n) is 4.50. The molecule has 0 aliphatic heterocycles. The molecule has 0 fully saturated rings. The van der Waals surface area contributed by atoms with Gasteiger partial charge in [0.1, 0.15) is 5.82 Å². The molecule has 1 aromatic heterocycles. The first-order chi connectivity index (χ1) is 9.02. The molecule has 5 heteroatoms. The van der Waals surface area contributed by atoms with Crippen molar-refractivity contribution in [1.82, 2.24) is 9.78 Å². The topological polar surface area (TPSA) is 29.9 Å². The molecule has 19 heavy (non-hydrogen) atoms. The lowest BCUT2D eigenvalue weighted by molar-refractivity contribution is 0.627. The number of benzene rings is 1. The van der Waals surface area contributed by atoms with Gasteiger partial charge in [-0.25, -0.2) is 4.39 Å². The van der Waals surface area contributed by atoms with E-state index in [1.54, 1.807) is 10.7 Å². The van der Waals surface area contributed by atoms with Crippen molar-refractivity contribution < 1.29 is 4.39 Å². The zero-order chi connectivity index (χ0) is 14.0. The molecule has 102 valence electrons. The van der Waals surface area contributed by atoms with Crippen LogP contribution in [-0.4, -0.2) is 9.78 Å². The maximum Gasteiger partial charge on any atom is 0.125 e. The van der Waals surface area contributed by atoms with Gasteiger partial charge in [0.2, 0.25) is 0 Å². The minimum Gasteiger partial charge on any atom is -0.379 e. The summed E-state index contributed by atoms with van der Waals surface area (Å²) in [5.74, 6) is -0.251. The Morgan fingerprint density at radius 2 is 2.16 bits per heavy atom. The van der Waals surface area contributed by atoms with Crippen LogP contribution in [0.5, 0.6) is 0 Å². The van der Waals surface area contributed by atoms with Crippen molar-refractivity contribution in [3.8, 4) is 0 Å². The minimum atomic E-state index is -0.251. The average molecular weight is 282 g/mol. The van der Waals surface area contributed by atoms with Crippen LogP contribution < -0.4 is 5.32 Å². The number of aromatic nitrogens is 2. The molecule has 0 unspecified atom stereocenters. The van der Waals surface area contributed by atoms with Crippen molar-refractivity contribution >= 4 is 17.3 Å². The fraction of sp³-hybridized carbons (Fsp3) is 0.357. The SMILES string of the molecule is CCc1nn(C)c(CNc2cc(F)ccc2C)c1Cl. The second-order valence-corrected chi connectivity index (χ2v) is 4.88. The predicted octanol–water partition coefficient (Wildman–Crippen LogP) is 3.70. The first kappa shape index (κ1) is 13.9. The van der Waals surface area contributed by atoms with Crippen molar-refractivity contribution in [2.75, 3.05) is 5.32 Å². The van der Waals surface area contributed by atoms with Crippen molar-refractivity contribution in [2.45, 2.75) is 26.8 Å². The number of nitrogens with zero attached hydrogens (tertiary/aromatic N) is 2. The van der Waals surface area contributed by atoms with Crippen molar-refractivity contribution in [1.29, 1.82) is 0 Å². The second kappa shape index (κ2) is 5.61. The van der Waals surface area contributed by atoms with Gasteiger partial charge in [-0.1, -0.05) is 24.6 Å². The Kier molecular flexibility index (Phi) is 4.10. The Morgan fingerprint density at radius 1 is 1.42 bits per heavy atom. The van der Waals surface area contributed by atoms with Gasteiger partial charge in [-0.15, -0.1) is 0 Å². The van der Waals surface area contributed by atoms with E-state index < -0.39 is 0 Å². The Bertz CT molecular complexity index is 593. The number of aryl methyl sites for hydroxylation is 3. The van der Waals surface area contributed by atoms with Gasteiger partial charge in [0.25, 0.3) is 0 Å². The van der Waals surface area contributed by atoms with Gasteiger partial charge in [0.15, 0.2) is 0 Å². The van der Waals surface area contributed by atoms with Gasteiger partial charge in [-0.05, 0) is 31.0 Å². The summed E-state index contributed by atoms with van der Waals surface area (Å²) in [6, 6.07) is 4.69. The van der Waals surface area contributed by atoms with Gasteiger partial charge in [0.05, 0.1) is 23.0 Å². The van der Waals surface area contributed by atoms with Crippen molar-refractivity contribution in [3.63, 3.8) is 0 Å². The van der Waals surface area contributed by atoms with E-state index in [2.05, 4.69) is 10.4 Å². The number of halogens is 2. The van der Waals surface area contributed by atoms with E-state index in [4.69, 9.17) is 11.6 Å². The molecule has 0 spiro atoms. The van der Waals surface area contributed by atoms with Crippen LogP contribution in [0.25, 0.3) is 0 Å². The molecule has 2 aromatic rings. The molecule has 0 aliphatic rings. The summed E-state index contributed by atoms with van der Waals surface area (Å²) in [5.41, 5.74) is 3.56. The highest BCUT2D eigenvalue weighted by atomic mass is 35.5. The van der Waals surface area contributed by atoms with Crippen molar-refractivity contribution in [3.05, 3.63) is 46.0 Å². The lowest BCUT2D eigenvalue weighted by atomic mass is 10.2. The Hall–Kier alpha value is -1.55. The van der Waals surface area contributed by atoms with E-state index in [9.17, 15) is 4.39 Å². The summed E-state index contributed by atoms with van der Waals surface area (Å²) in [5, 5.41) is 8.24. The molecule has 0 atom stereocenters. The number of rotatable bonds is 4. The van der Waals surface area contributed by atoms with Gasteiger partial charge in [-0.2, -0.15) is 5.10 Å². The van der Waals surface area contributed by atoms with E-state index in [0.29, 0.717) is 11.6 Å². The standard InChI is InChI=1S/C14H17ClFN3/c1-4-11-14(15)13(19(3)18-11)8-17-12-7-10(16)6-5-9(12)2/h5-7,17H,4,8H2,1-3H3. The maximum atomic E-state index is 13.2. The quantitative estimate of drug-likeness (QED) is 0.926. The minimum absolute atomic E-state index is 0.251. The summed E-state index contributed by atoms with van der Waals surface area (Å²) in [7, 11) is 1.86. The Morgan fingerprint density at radius 3 is 2.79 bits per heavy atom. The largest absolute Gasteiger partial charge is 0.379 e. The number of hydrogen-bond acceptors (Lipinski definition) is 2. The van der Waals surface area contributed by atoms with Crippen LogP contribution in [0.2, 0.25) is 5.02 Å². The van der Waals surface area contributed by atoms with E-state index in [1.165, 1.54) is 12.1 Å². The third kappa shape index (κ3) is 2.89. The van der Waals surface area contributed by atoms with Gasteiger partial charge >= 0.3 is 0 Å². The molecule has 0 saturated carbocycles. The molecule has 1 N–H and O–H groups in total. The summed E-state index contributed by atoms with van der Waals surface area (Å²) in [6.07, 6.45) is 0.797. The predicted molar refractivity (Wildman–Crippen MR) is 76.1 cm³/mol. The lowest BCUT2D eigenvalue weighted by Gasteiger charge is -2.10. The smallest absolute Gasteiger partial charge is 0.125 e. The molecule has 2 rings (SSSR count). The van der Waals surface area contributed by atoms with Crippen LogP contribution >= 0.6 is 11.6 Å². The average Bonchev–Trinajstić information content (AvgIpc) is 2.66. The highest BCUT2D eigenvalue weighted by Crippen LogP contribution is 2.23. The fourth-order valence-corrected chi connectivity index (χ4v) is 2.34. The molecular formula is C14H17ClFN3. The lowest BCUT2D eigenvalue weighted by Crippen LogP contribution is -2.07. The molecule has 0 radical (unpaired) electrons. The highest BCUT2D eigenvalue weighted by molar-refractivity contribution is 6.31. The van der Waals surface area contributed by atoms with E-state index in [0.717, 1.165) is 29.1 Å². The van der Waals surface area contributed by atoms with Crippen LogP contribution in [0.15, 0.2) is 18.2 Å². The van der Waals surface area contributed by atoms with E-state index >= 15 is 0 Å². The first-order valence-corrected chi connectivity index (χ1v) is 6.61. The molecular weight excluding hydrogens is 265 g/mol. The highest BCUT2D eigenvalue weighted by Gasteiger charge is 2.12. The zero-order valence-corrected chi connectivity index (χ0v) is 12.1. The summed E-state index contributed by atoms with van der Waals surface area (Å²) in [4.78, 5) is 0. The number of nitrogens with one attached hydrogen (secondary N) is 1. The molecule has 0 bridgehead atoms. The van der Waals surface area contributed by atoms with Crippen LogP contribution in [0, 0.1) is 12.7 Å². The molecule has 3 nitrogen and oxygen atoms in total. The van der Waals surface area contributed by atoms with Gasteiger partial charge in [0, 0.05) is 12.7 Å². The monoisotopic (exact) mass is 281 g/mol. The molecule has 1 aromatic carbocycles. The van der Waals surface area contributed by atoms with Crippen LogP contribution in [-0.2, 0) is 20.0 Å². The fourth-order valence-electron chi connectivity index (χ4n) is 1.98. The summed E-state index contributed by atoms with van der Waals surface area (Å²) >= 11 is 6.27. The number of anilines is 1. The zero-order valence-electron chi connectivity index (χ0n) is 11.3. The Labute approximate surface area is 117 Å². The van der Waals surface area contributed by atoms with Crippen LogP contribution in [0.4, 0.5) is 10.1 Å². The summed E-state index contributed by atoms with van der Waals surface area (Å²) < 4.78 is 15.0. The Balaban J connectivity index is 2.19. The third-order valence-corrected chi connectivity index (χ3v) is 3.59.